The minimum absolute atomic E-state index is 0.210. The van der Waals surface area contributed by atoms with Crippen molar-refractivity contribution < 1.29 is 9.90 Å². The van der Waals surface area contributed by atoms with Crippen LogP contribution < -0.4 is 5.56 Å². The third kappa shape index (κ3) is 2.91. The highest BCUT2D eigenvalue weighted by atomic mass is 32.1. The average Bonchev–Trinajstić information content (AvgIpc) is 3.07. The molecule has 0 radical (unpaired) electrons. The first-order valence-corrected chi connectivity index (χ1v) is 8.88. The number of H-pyrrole nitrogens is 1. The van der Waals surface area contributed by atoms with Crippen LogP contribution in [0.4, 0.5) is 0 Å². The van der Waals surface area contributed by atoms with Crippen molar-refractivity contribution in [3.63, 3.8) is 0 Å². The van der Waals surface area contributed by atoms with Crippen molar-refractivity contribution in [2.75, 3.05) is 0 Å². The third-order valence-electron chi connectivity index (χ3n) is 4.18. The summed E-state index contributed by atoms with van der Waals surface area (Å²) in [6, 6.07) is 16.4. The maximum atomic E-state index is 12.7. The fraction of sp³-hybridized carbons (Fsp3) is 0.0500. The molecule has 0 unspecified atom stereocenters. The predicted octanol–water partition coefficient (Wildman–Crippen LogP) is 3.94. The van der Waals surface area contributed by atoms with Gasteiger partial charge in [0.1, 0.15) is 10.7 Å². The molecule has 0 aliphatic carbocycles. The molecule has 2 heterocycles. The number of hydrogen-bond acceptors (Lipinski definition) is 4. The van der Waals surface area contributed by atoms with Gasteiger partial charge in [-0.25, -0.2) is 9.78 Å². The van der Waals surface area contributed by atoms with Gasteiger partial charge in [-0.1, -0.05) is 48.5 Å². The van der Waals surface area contributed by atoms with Crippen molar-refractivity contribution in [3.8, 4) is 11.1 Å². The Hall–Kier alpha value is -3.25. The van der Waals surface area contributed by atoms with E-state index in [0.29, 0.717) is 21.6 Å². The lowest BCUT2D eigenvalue weighted by molar-refractivity contribution is 0.0696. The van der Waals surface area contributed by atoms with Gasteiger partial charge in [0.15, 0.2) is 0 Å². The van der Waals surface area contributed by atoms with Gasteiger partial charge in [-0.3, -0.25) is 4.79 Å². The minimum atomic E-state index is -0.994. The molecule has 0 saturated carbocycles. The zero-order valence-corrected chi connectivity index (χ0v) is 14.4. The van der Waals surface area contributed by atoms with Crippen LogP contribution in [-0.4, -0.2) is 21.0 Å². The Morgan fingerprint density at radius 1 is 1.08 bits per heavy atom. The molecule has 0 aliphatic rings. The average molecular weight is 362 g/mol. The van der Waals surface area contributed by atoms with Gasteiger partial charge in [-0.2, -0.15) is 0 Å². The van der Waals surface area contributed by atoms with E-state index in [0.717, 1.165) is 11.1 Å². The third-order valence-corrected chi connectivity index (χ3v) is 5.06. The number of hydrogen-bond donors (Lipinski definition) is 2. The summed E-state index contributed by atoms with van der Waals surface area (Å²) in [5.74, 6) is -0.538. The molecule has 0 aliphatic heterocycles. The smallest absolute Gasteiger partial charge is 0.335 e. The van der Waals surface area contributed by atoms with Crippen molar-refractivity contribution in [2.45, 2.75) is 6.42 Å². The Kier molecular flexibility index (Phi) is 4.10. The monoisotopic (exact) mass is 362 g/mol. The molecule has 6 heteroatoms. The zero-order chi connectivity index (χ0) is 18.1. The lowest BCUT2D eigenvalue weighted by Gasteiger charge is -2.06. The normalized spacial score (nSPS) is 10.9. The Labute approximate surface area is 152 Å². The van der Waals surface area contributed by atoms with Crippen molar-refractivity contribution >= 4 is 27.5 Å². The van der Waals surface area contributed by atoms with E-state index in [4.69, 9.17) is 0 Å². The molecule has 0 amide bonds. The first-order valence-electron chi connectivity index (χ1n) is 8.00. The van der Waals surface area contributed by atoms with E-state index in [1.54, 1.807) is 24.3 Å². The molecule has 0 saturated heterocycles. The second-order valence-corrected chi connectivity index (χ2v) is 6.71. The Bertz CT molecular complexity index is 1160. The highest BCUT2D eigenvalue weighted by molar-refractivity contribution is 7.17. The number of rotatable bonds is 4. The first-order chi connectivity index (χ1) is 12.6. The Balaban J connectivity index is 1.78. The van der Waals surface area contributed by atoms with Crippen molar-refractivity contribution in [2.24, 2.45) is 0 Å². The molecule has 2 aromatic heterocycles. The number of carbonyl (C=O) groups is 1. The number of aromatic carboxylic acids is 1. The second kappa shape index (κ2) is 6.57. The number of aromatic amines is 1. The molecule has 128 valence electrons. The summed E-state index contributed by atoms with van der Waals surface area (Å²) >= 11 is 1.41. The van der Waals surface area contributed by atoms with E-state index < -0.39 is 5.97 Å². The number of benzene rings is 2. The summed E-state index contributed by atoms with van der Waals surface area (Å²) in [6.45, 7) is 0. The molecule has 0 bridgehead atoms. The van der Waals surface area contributed by atoms with Crippen LogP contribution in [0.2, 0.25) is 0 Å². The molecule has 2 N–H and O–H groups in total. The molecule has 2 aromatic carbocycles. The summed E-state index contributed by atoms with van der Waals surface area (Å²) in [4.78, 5) is 32.0. The first kappa shape index (κ1) is 16.2. The molecule has 4 aromatic rings. The number of aromatic nitrogens is 2. The number of thiophene rings is 1. The number of carboxylic acid groups (broad SMARTS) is 1. The molecular weight excluding hydrogens is 348 g/mol. The maximum Gasteiger partial charge on any atom is 0.335 e. The lowest BCUT2D eigenvalue weighted by Crippen LogP contribution is -2.13. The predicted molar refractivity (Wildman–Crippen MR) is 102 cm³/mol. The van der Waals surface area contributed by atoms with Crippen LogP contribution >= 0.6 is 11.3 Å². The Morgan fingerprint density at radius 2 is 1.81 bits per heavy atom. The standard InChI is InChI=1S/C20H14N2O3S/c23-18-17-15(12-6-2-1-3-7-12)11-26-19(17)22-16(21-18)10-13-8-4-5-9-14(13)20(24)25/h1-9,11H,10H2,(H,24,25)(H,21,22,23). The topological polar surface area (TPSA) is 83.0 Å². The summed E-state index contributed by atoms with van der Waals surface area (Å²) < 4.78 is 0. The largest absolute Gasteiger partial charge is 0.478 e. The highest BCUT2D eigenvalue weighted by Crippen LogP contribution is 2.30. The SMILES string of the molecule is O=C(O)c1ccccc1Cc1nc2scc(-c3ccccc3)c2c(=O)[nH]1. The number of carboxylic acids is 1. The van der Waals surface area contributed by atoms with Crippen LogP contribution in [0.3, 0.4) is 0 Å². The van der Waals surface area contributed by atoms with E-state index in [9.17, 15) is 14.7 Å². The van der Waals surface area contributed by atoms with Gasteiger partial charge in [0, 0.05) is 17.4 Å². The highest BCUT2D eigenvalue weighted by Gasteiger charge is 2.15. The van der Waals surface area contributed by atoms with Crippen molar-refractivity contribution in [3.05, 3.63) is 87.3 Å². The minimum Gasteiger partial charge on any atom is -0.478 e. The fourth-order valence-electron chi connectivity index (χ4n) is 2.97. The summed E-state index contributed by atoms with van der Waals surface area (Å²) in [6.07, 6.45) is 0.256. The van der Waals surface area contributed by atoms with Crippen LogP contribution in [0.5, 0.6) is 0 Å². The quantitative estimate of drug-likeness (QED) is 0.576. The zero-order valence-electron chi connectivity index (χ0n) is 13.6. The second-order valence-electron chi connectivity index (χ2n) is 5.85. The van der Waals surface area contributed by atoms with Crippen LogP contribution in [0.15, 0.2) is 64.8 Å². The van der Waals surface area contributed by atoms with Gasteiger partial charge in [0.25, 0.3) is 5.56 Å². The van der Waals surface area contributed by atoms with E-state index in [-0.39, 0.29) is 17.5 Å². The summed E-state index contributed by atoms with van der Waals surface area (Å²) in [5.41, 5.74) is 2.44. The molecule has 5 nitrogen and oxygen atoms in total. The van der Waals surface area contributed by atoms with Gasteiger partial charge >= 0.3 is 5.97 Å². The van der Waals surface area contributed by atoms with E-state index >= 15 is 0 Å². The fourth-order valence-corrected chi connectivity index (χ4v) is 3.94. The summed E-state index contributed by atoms with van der Waals surface area (Å²) in [5, 5.41) is 11.8. The number of nitrogens with one attached hydrogen (secondary N) is 1. The maximum absolute atomic E-state index is 12.7. The van der Waals surface area contributed by atoms with Crippen LogP contribution in [0.25, 0.3) is 21.3 Å². The number of nitrogens with zero attached hydrogens (tertiary/aromatic N) is 1. The molecule has 26 heavy (non-hydrogen) atoms. The number of fused-ring (bicyclic) bond motifs is 1. The van der Waals surface area contributed by atoms with Crippen LogP contribution in [0, 0.1) is 0 Å². The van der Waals surface area contributed by atoms with E-state index in [2.05, 4.69) is 9.97 Å². The van der Waals surface area contributed by atoms with Crippen molar-refractivity contribution in [1.82, 2.24) is 9.97 Å². The molecule has 0 spiro atoms. The van der Waals surface area contributed by atoms with Gasteiger partial charge in [-0.15, -0.1) is 11.3 Å². The van der Waals surface area contributed by atoms with E-state index in [1.165, 1.54) is 11.3 Å². The van der Waals surface area contributed by atoms with Crippen molar-refractivity contribution in [1.29, 1.82) is 0 Å². The molecule has 0 atom stereocenters. The molecule has 0 fully saturated rings. The van der Waals surface area contributed by atoms with Gasteiger partial charge in [-0.05, 0) is 17.2 Å². The van der Waals surface area contributed by atoms with Crippen LogP contribution in [0.1, 0.15) is 21.7 Å². The van der Waals surface area contributed by atoms with E-state index in [1.807, 2.05) is 35.7 Å². The van der Waals surface area contributed by atoms with Crippen LogP contribution in [-0.2, 0) is 6.42 Å². The lowest BCUT2D eigenvalue weighted by atomic mass is 10.0. The van der Waals surface area contributed by atoms with Gasteiger partial charge in [0.2, 0.25) is 0 Å². The molecule has 4 rings (SSSR count). The molecular formula is C20H14N2O3S. The van der Waals surface area contributed by atoms with Gasteiger partial charge in [0.05, 0.1) is 10.9 Å². The summed E-state index contributed by atoms with van der Waals surface area (Å²) in [7, 11) is 0. The van der Waals surface area contributed by atoms with Gasteiger partial charge < -0.3 is 10.1 Å². The Morgan fingerprint density at radius 3 is 2.58 bits per heavy atom.